The van der Waals surface area contributed by atoms with Crippen molar-refractivity contribution in [1.29, 1.82) is 0 Å². The van der Waals surface area contributed by atoms with E-state index in [-0.39, 0.29) is 11.5 Å². The Hall–Kier alpha value is -4.41. The van der Waals surface area contributed by atoms with Gasteiger partial charge in [0.05, 0.1) is 31.8 Å². The zero-order valence-electron chi connectivity index (χ0n) is 23.2. The Balaban J connectivity index is 1.43. The monoisotopic (exact) mass is 569 g/mol. The van der Waals surface area contributed by atoms with Crippen LogP contribution in [0.25, 0.3) is 11.3 Å². The molecule has 0 aliphatic carbocycles. The average molecular weight is 570 g/mol. The summed E-state index contributed by atoms with van der Waals surface area (Å²) < 4.78 is 14.6. The molecule has 1 aliphatic rings. The van der Waals surface area contributed by atoms with Crippen LogP contribution in [0.2, 0.25) is 0 Å². The molecule has 0 bridgehead atoms. The first-order chi connectivity index (χ1) is 20.0. The first-order valence-corrected chi connectivity index (χ1v) is 14.3. The molecule has 0 saturated heterocycles. The Morgan fingerprint density at radius 3 is 2.56 bits per heavy atom. The largest absolute Gasteiger partial charge is 0.493 e. The van der Waals surface area contributed by atoms with E-state index in [0.717, 1.165) is 34.6 Å². The normalized spacial score (nSPS) is 13.2. The van der Waals surface area contributed by atoms with E-state index in [1.807, 2.05) is 41.0 Å². The maximum Gasteiger partial charge on any atom is 0.261 e. The first-order valence-electron chi connectivity index (χ1n) is 13.4. The summed E-state index contributed by atoms with van der Waals surface area (Å²) in [6, 6.07) is 15.2. The van der Waals surface area contributed by atoms with E-state index in [0.29, 0.717) is 48.7 Å². The van der Waals surface area contributed by atoms with Crippen LogP contribution in [0.15, 0.2) is 70.3 Å². The van der Waals surface area contributed by atoms with Gasteiger partial charge in [-0.2, -0.15) is 16.4 Å². The highest BCUT2D eigenvalue weighted by Crippen LogP contribution is 2.30. The molecule has 10 heteroatoms. The van der Waals surface area contributed by atoms with Crippen LogP contribution < -0.4 is 20.3 Å². The molecule has 1 aliphatic heterocycles. The molecule has 1 amide bonds. The summed E-state index contributed by atoms with van der Waals surface area (Å²) in [6.45, 7) is 2.03. The van der Waals surface area contributed by atoms with Gasteiger partial charge in [-0.3, -0.25) is 19.1 Å². The van der Waals surface area contributed by atoms with E-state index in [9.17, 15) is 9.59 Å². The van der Waals surface area contributed by atoms with Crippen molar-refractivity contribution >= 4 is 22.9 Å². The Kier molecular flexibility index (Phi) is 7.34. The summed E-state index contributed by atoms with van der Waals surface area (Å²) in [6.07, 6.45) is 3.14. The van der Waals surface area contributed by atoms with Gasteiger partial charge in [0.15, 0.2) is 11.5 Å². The minimum absolute atomic E-state index is 0.0435. The maximum absolute atomic E-state index is 14.2. The van der Waals surface area contributed by atoms with Gasteiger partial charge < -0.3 is 14.8 Å². The van der Waals surface area contributed by atoms with E-state index >= 15 is 0 Å². The topological polar surface area (TPSA) is 90.1 Å². The fraction of sp³-hybridized carbons (Fsp3) is 0.258. The van der Waals surface area contributed by atoms with Crippen molar-refractivity contribution < 1.29 is 14.3 Å². The van der Waals surface area contributed by atoms with Crippen LogP contribution in [-0.2, 0) is 25.9 Å². The van der Waals surface area contributed by atoms with Gasteiger partial charge in [-0.1, -0.05) is 6.07 Å². The van der Waals surface area contributed by atoms with Gasteiger partial charge in [0.1, 0.15) is 5.65 Å². The Bertz CT molecular complexity index is 1770. The van der Waals surface area contributed by atoms with Gasteiger partial charge in [-0.25, -0.2) is 4.52 Å². The van der Waals surface area contributed by atoms with Gasteiger partial charge in [0.25, 0.3) is 11.5 Å². The molecule has 0 spiro atoms. The molecule has 2 aromatic carbocycles. The van der Waals surface area contributed by atoms with E-state index in [1.165, 1.54) is 5.56 Å². The van der Waals surface area contributed by atoms with Crippen LogP contribution in [0.4, 0.5) is 0 Å². The number of benzene rings is 2. The van der Waals surface area contributed by atoms with Crippen molar-refractivity contribution in [2.45, 2.75) is 25.9 Å². The van der Waals surface area contributed by atoms with Gasteiger partial charge >= 0.3 is 0 Å². The summed E-state index contributed by atoms with van der Waals surface area (Å²) in [5, 5.41) is 11.6. The number of thiophene rings is 1. The number of rotatable bonds is 8. The lowest BCUT2D eigenvalue weighted by molar-refractivity contribution is 0.0963. The smallest absolute Gasteiger partial charge is 0.261 e. The van der Waals surface area contributed by atoms with Gasteiger partial charge in [0, 0.05) is 49.8 Å². The molecule has 41 heavy (non-hydrogen) atoms. The van der Waals surface area contributed by atoms with Crippen molar-refractivity contribution in [2.75, 3.05) is 27.8 Å². The third-order valence-electron chi connectivity index (χ3n) is 7.59. The average Bonchev–Trinajstić information content (AvgIpc) is 3.68. The second-order valence-electron chi connectivity index (χ2n) is 10.1. The molecule has 4 heterocycles. The number of hydrogen-bond donors (Lipinski definition) is 1. The Morgan fingerprint density at radius 2 is 1.85 bits per heavy atom. The fourth-order valence-corrected chi connectivity index (χ4v) is 6.19. The van der Waals surface area contributed by atoms with Crippen LogP contribution in [0.1, 0.15) is 38.3 Å². The number of aromatic nitrogens is 3. The van der Waals surface area contributed by atoms with Crippen molar-refractivity contribution in [3.63, 3.8) is 0 Å². The molecule has 0 unspecified atom stereocenters. The number of methoxy groups -OCH3 is 2. The number of fused-ring (bicyclic) bond motifs is 3. The predicted octanol–water partition coefficient (Wildman–Crippen LogP) is 4.07. The molecule has 0 saturated carbocycles. The third-order valence-corrected chi connectivity index (χ3v) is 8.32. The molecule has 3 aromatic heterocycles. The van der Waals surface area contributed by atoms with Crippen molar-refractivity contribution in [2.24, 2.45) is 0 Å². The minimum atomic E-state index is -0.170. The van der Waals surface area contributed by atoms with Crippen molar-refractivity contribution in [1.82, 2.24) is 24.4 Å². The number of nitrogens with zero attached hydrogens (tertiary/aromatic N) is 4. The van der Waals surface area contributed by atoms with Crippen LogP contribution in [0, 0.1) is 0 Å². The molecule has 6 rings (SSSR count). The minimum Gasteiger partial charge on any atom is -0.493 e. The number of amides is 1. The van der Waals surface area contributed by atoms with Crippen molar-refractivity contribution in [3.8, 4) is 17.2 Å². The molecule has 210 valence electrons. The highest BCUT2D eigenvalue weighted by atomic mass is 32.1. The summed E-state index contributed by atoms with van der Waals surface area (Å²) in [4.78, 5) is 28.6. The summed E-state index contributed by atoms with van der Waals surface area (Å²) in [5.41, 5.74) is 6.87. The fourth-order valence-electron chi connectivity index (χ4n) is 5.52. The zero-order valence-corrected chi connectivity index (χ0v) is 24.0. The molecule has 0 radical (unpaired) electrons. The lowest BCUT2D eigenvalue weighted by Gasteiger charge is -2.29. The highest BCUT2D eigenvalue weighted by molar-refractivity contribution is 7.07. The van der Waals surface area contributed by atoms with Gasteiger partial charge in [0.2, 0.25) is 0 Å². The summed E-state index contributed by atoms with van der Waals surface area (Å²) in [7, 11) is 4.87. The van der Waals surface area contributed by atoms with Crippen LogP contribution in [-0.4, -0.2) is 52.8 Å². The number of carbonyl (C=O) groups excluding carboxylic acids is 1. The number of nitrogens with one attached hydrogen (secondary N) is 1. The molecule has 0 fully saturated rings. The highest BCUT2D eigenvalue weighted by Gasteiger charge is 2.27. The molecular formula is C31H31N5O4S. The summed E-state index contributed by atoms with van der Waals surface area (Å²) >= 11 is 1.65. The molecule has 9 nitrogen and oxygen atoms in total. The lowest BCUT2D eigenvalue weighted by atomic mass is 10.0. The van der Waals surface area contributed by atoms with E-state index in [1.54, 1.807) is 49.3 Å². The quantitative estimate of drug-likeness (QED) is 0.303. The molecular weight excluding hydrogens is 538 g/mol. The third kappa shape index (κ3) is 5.00. The van der Waals surface area contributed by atoms with Crippen LogP contribution in [0.3, 0.4) is 0 Å². The van der Waals surface area contributed by atoms with Gasteiger partial charge in [-0.05, 0) is 70.8 Å². The van der Waals surface area contributed by atoms with E-state index < -0.39 is 0 Å². The number of hydrogen-bond acceptors (Lipinski definition) is 7. The van der Waals surface area contributed by atoms with Crippen LogP contribution >= 0.6 is 11.3 Å². The summed E-state index contributed by atoms with van der Waals surface area (Å²) in [5.74, 6) is 1.22. The van der Waals surface area contributed by atoms with E-state index in [4.69, 9.17) is 14.6 Å². The number of carbonyl (C=O) groups is 1. The lowest BCUT2D eigenvalue weighted by Crippen LogP contribution is -2.38. The standard InChI is InChI=1S/C31H31N5O4S/c1-32-29(37)22-5-7-24(8-6-22)35-30-23(14-21-11-13-41-19-21)16-33-36(30)26-18-34(12-10-25(26)31(35)38)17-20-4-9-27(39-2)28(15-20)40-3/h4-9,11,13,15-16,19H,10,12,14,17-18H2,1-3H3,(H,32,37). The predicted molar refractivity (Wildman–Crippen MR) is 159 cm³/mol. The Morgan fingerprint density at radius 1 is 1.05 bits per heavy atom. The van der Waals surface area contributed by atoms with Crippen LogP contribution in [0.5, 0.6) is 11.5 Å². The number of ether oxygens (including phenoxy) is 2. The molecule has 0 atom stereocenters. The second kappa shape index (κ2) is 11.2. The Labute approximate surface area is 241 Å². The SMILES string of the molecule is CNC(=O)c1ccc(-n2c(=O)c3c(n4ncc(Cc5ccsc5)c24)CN(Cc2ccc(OC)c(OC)c2)CC3)cc1. The maximum atomic E-state index is 14.2. The van der Waals surface area contributed by atoms with Gasteiger partial charge in [-0.15, -0.1) is 0 Å². The first kappa shape index (κ1) is 26.8. The van der Waals surface area contributed by atoms with E-state index in [2.05, 4.69) is 27.0 Å². The molecule has 1 N–H and O–H groups in total. The van der Waals surface area contributed by atoms with Crippen molar-refractivity contribution in [3.05, 3.63) is 109 Å². The molecule has 5 aromatic rings. The second-order valence-corrected chi connectivity index (χ2v) is 10.8. The zero-order chi connectivity index (χ0) is 28.5.